The van der Waals surface area contributed by atoms with Gasteiger partial charge in [-0.25, -0.2) is 0 Å². The van der Waals surface area contributed by atoms with Crippen molar-refractivity contribution in [2.24, 2.45) is 0 Å². The van der Waals surface area contributed by atoms with Crippen molar-refractivity contribution in [3.8, 4) is 0 Å². The van der Waals surface area contributed by atoms with Crippen molar-refractivity contribution in [3.05, 3.63) is 48.6 Å². The third kappa shape index (κ3) is 33.5. The van der Waals surface area contributed by atoms with Gasteiger partial charge in [-0.15, -0.1) is 0 Å². The number of carbonyl (C=O) groups excluding carboxylic acids is 2. The third-order valence-corrected chi connectivity index (χ3v) is 8.07. The molecule has 272 valence electrons. The van der Waals surface area contributed by atoms with E-state index >= 15 is 0 Å². The lowest BCUT2D eigenvalue weighted by Gasteiger charge is -2.16. The number of unbranched alkanes of at least 4 members (excludes halogenated alkanes) is 16. The second kappa shape index (κ2) is 35.1. The molecule has 0 spiro atoms. The number of aliphatic hydroxyl groups excluding tert-OH is 3. The standard InChI is InChI=1S/C40H70O7/c1-3-5-7-9-11-12-13-14-15-16-17-18-20-26-32-40(45)47-38(34-41)35-46-39(44)33-27-31-37(43)30-25-22-21-24-29-36(42)28-23-19-10-8-6-4-2/h19,21-25,29-30,36-38,41-43H,3-18,20,26-28,31-35H2,1-2H3/b22-21+,23-19-,29-24+,30-25-/t36-,37-,38+/m1/s1. The van der Waals surface area contributed by atoms with E-state index in [9.17, 15) is 24.9 Å². The molecule has 0 saturated heterocycles. The molecule has 0 saturated carbocycles. The highest BCUT2D eigenvalue weighted by Gasteiger charge is 2.16. The Morgan fingerprint density at radius 3 is 1.68 bits per heavy atom. The second-order valence-electron chi connectivity index (χ2n) is 12.7. The molecule has 0 unspecified atom stereocenters. The summed E-state index contributed by atoms with van der Waals surface area (Å²) in [4.78, 5) is 24.2. The maximum absolute atomic E-state index is 12.1. The number of rotatable bonds is 33. The van der Waals surface area contributed by atoms with Gasteiger partial charge in [-0.1, -0.05) is 159 Å². The van der Waals surface area contributed by atoms with E-state index in [0.29, 0.717) is 25.7 Å². The van der Waals surface area contributed by atoms with Crippen LogP contribution in [-0.2, 0) is 19.1 Å². The van der Waals surface area contributed by atoms with Crippen molar-refractivity contribution >= 4 is 11.9 Å². The van der Waals surface area contributed by atoms with Crippen LogP contribution < -0.4 is 0 Å². The van der Waals surface area contributed by atoms with Gasteiger partial charge in [0.15, 0.2) is 6.10 Å². The second-order valence-corrected chi connectivity index (χ2v) is 12.7. The van der Waals surface area contributed by atoms with Gasteiger partial charge in [-0.05, 0) is 38.5 Å². The largest absolute Gasteiger partial charge is 0.462 e. The average Bonchev–Trinajstić information content (AvgIpc) is 3.06. The van der Waals surface area contributed by atoms with Gasteiger partial charge < -0.3 is 24.8 Å². The lowest BCUT2D eigenvalue weighted by Crippen LogP contribution is -2.28. The zero-order valence-corrected chi connectivity index (χ0v) is 30.0. The number of hydrogen-bond acceptors (Lipinski definition) is 7. The van der Waals surface area contributed by atoms with Crippen LogP contribution in [-0.4, -0.2) is 58.8 Å². The summed E-state index contributed by atoms with van der Waals surface area (Å²) in [5, 5.41) is 29.6. The molecular formula is C40H70O7. The van der Waals surface area contributed by atoms with E-state index in [-0.39, 0.29) is 19.0 Å². The fourth-order valence-corrected chi connectivity index (χ4v) is 5.10. The Hall–Kier alpha value is -2.22. The quantitative estimate of drug-likeness (QED) is 0.0278. The Morgan fingerprint density at radius 1 is 0.596 bits per heavy atom. The highest BCUT2D eigenvalue weighted by atomic mass is 16.6. The summed E-state index contributed by atoms with van der Waals surface area (Å²) in [6.07, 6.45) is 36.5. The number of aliphatic hydroxyl groups is 3. The van der Waals surface area contributed by atoms with Gasteiger partial charge in [0.05, 0.1) is 18.8 Å². The summed E-state index contributed by atoms with van der Waals surface area (Å²) >= 11 is 0. The molecule has 7 nitrogen and oxygen atoms in total. The molecule has 7 heteroatoms. The average molecular weight is 663 g/mol. The van der Waals surface area contributed by atoms with Crippen LogP contribution in [0.5, 0.6) is 0 Å². The molecule has 47 heavy (non-hydrogen) atoms. The minimum atomic E-state index is -0.861. The van der Waals surface area contributed by atoms with E-state index in [0.717, 1.165) is 25.7 Å². The van der Waals surface area contributed by atoms with Crippen LogP contribution in [0.25, 0.3) is 0 Å². The van der Waals surface area contributed by atoms with Crippen LogP contribution in [0.4, 0.5) is 0 Å². The number of allylic oxidation sites excluding steroid dienone is 5. The first-order valence-corrected chi connectivity index (χ1v) is 18.9. The Morgan fingerprint density at radius 2 is 1.11 bits per heavy atom. The van der Waals surface area contributed by atoms with E-state index in [4.69, 9.17) is 9.47 Å². The fraction of sp³-hybridized carbons (Fsp3) is 0.750. The molecule has 0 radical (unpaired) electrons. The van der Waals surface area contributed by atoms with E-state index in [1.165, 1.54) is 89.9 Å². The van der Waals surface area contributed by atoms with E-state index in [1.807, 2.05) is 6.08 Å². The molecular weight excluding hydrogens is 592 g/mol. The molecule has 0 aliphatic rings. The molecule has 0 aromatic rings. The normalized spacial score (nSPS) is 14.1. The summed E-state index contributed by atoms with van der Waals surface area (Å²) in [7, 11) is 0. The van der Waals surface area contributed by atoms with Gasteiger partial charge in [0.2, 0.25) is 0 Å². The van der Waals surface area contributed by atoms with Crippen molar-refractivity contribution in [3.63, 3.8) is 0 Å². The molecule has 0 bridgehead atoms. The smallest absolute Gasteiger partial charge is 0.306 e. The van der Waals surface area contributed by atoms with Crippen LogP contribution in [0, 0.1) is 0 Å². The Kier molecular flexibility index (Phi) is 33.4. The highest BCUT2D eigenvalue weighted by molar-refractivity contribution is 5.70. The molecule has 0 rings (SSSR count). The molecule has 0 amide bonds. The fourth-order valence-electron chi connectivity index (χ4n) is 5.10. The topological polar surface area (TPSA) is 113 Å². The molecule has 3 N–H and O–H groups in total. The maximum atomic E-state index is 12.1. The first kappa shape index (κ1) is 44.8. The van der Waals surface area contributed by atoms with Crippen molar-refractivity contribution in [2.75, 3.05) is 13.2 Å². The predicted molar refractivity (Wildman–Crippen MR) is 194 cm³/mol. The van der Waals surface area contributed by atoms with Crippen LogP contribution >= 0.6 is 0 Å². The van der Waals surface area contributed by atoms with Gasteiger partial charge in [0.1, 0.15) is 6.61 Å². The SMILES string of the molecule is CCCCC/C=C\C[C@@H](O)/C=C/C=C/C=C\[C@@H](O)CCCC(=O)OC[C@H](CO)OC(=O)CCCCCCCCCCCCCCCC. The number of ether oxygens (including phenoxy) is 2. The van der Waals surface area contributed by atoms with Crippen molar-refractivity contribution in [1.29, 1.82) is 0 Å². The molecule has 0 aliphatic carbocycles. The maximum Gasteiger partial charge on any atom is 0.306 e. The molecule has 3 atom stereocenters. The van der Waals surface area contributed by atoms with Gasteiger partial charge in [-0.3, -0.25) is 9.59 Å². The number of carbonyl (C=O) groups is 2. The van der Waals surface area contributed by atoms with Crippen molar-refractivity contribution < 1.29 is 34.4 Å². The van der Waals surface area contributed by atoms with E-state index in [2.05, 4.69) is 19.9 Å². The van der Waals surface area contributed by atoms with Gasteiger partial charge in [0, 0.05) is 12.8 Å². The number of hydrogen-bond donors (Lipinski definition) is 3. The van der Waals surface area contributed by atoms with Crippen LogP contribution in [0.2, 0.25) is 0 Å². The first-order valence-electron chi connectivity index (χ1n) is 18.9. The molecule has 0 fully saturated rings. The number of esters is 2. The van der Waals surface area contributed by atoms with Gasteiger partial charge in [-0.2, -0.15) is 0 Å². The molecule has 0 heterocycles. The molecule has 0 aromatic carbocycles. The lowest BCUT2D eigenvalue weighted by molar-refractivity contribution is -0.161. The zero-order chi connectivity index (χ0) is 34.6. The van der Waals surface area contributed by atoms with Crippen LogP contribution in [0.15, 0.2) is 48.6 Å². The molecule has 0 aromatic heterocycles. The minimum Gasteiger partial charge on any atom is -0.462 e. The summed E-state index contributed by atoms with van der Waals surface area (Å²) in [5.74, 6) is -0.831. The highest BCUT2D eigenvalue weighted by Crippen LogP contribution is 2.14. The Balaban J connectivity index is 3.85. The summed E-state index contributed by atoms with van der Waals surface area (Å²) < 4.78 is 10.5. The van der Waals surface area contributed by atoms with Crippen molar-refractivity contribution in [1.82, 2.24) is 0 Å². The zero-order valence-electron chi connectivity index (χ0n) is 30.0. The van der Waals surface area contributed by atoms with Crippen molar-refractivity contribution in [2.45, 2.75) is 180 Å². The third-order valence-electron chi connectivity index (χ3n) is 8.07. The summed E-state index contributed by atoms with van der Waals surface area (Å²) in [5.41, 5.74) is 0. The summed E-state index contributed by atoms with van der Waals surface area (Å²) in [6.45, 7) is 3.86. The monoisotopic (exact) mass is 663 g/mol. The van der Waals surface area contributed by atoms with Gasteiger partial charge in [0.25, 0.3) is 0 Å². The Bertz CT molecular complexity index is 832. The van der Waals surface area contributed by atoms with E-state index in [1.54, 1.807) is 36.5 Å². The lowest BCUT2D eigenvalue weighted by atomic mass is 10.0. The van der Waals surface area contributed by atoms with Crippen LogP contribution in [0.1, 0.15) is 162 Å². The molecule has 0 aliphatic heterocycles. The predicted octanol–water partition coefficient (Wildman–Crippen LogP) is 9.39. The summed E-state index contributed by atoms with van der Waals surface area (Å²) in [6, 6.07) is 0. The van der Waals surface area contributed by atoms with Crippen LogP contribution in [0.3, 0.4) is 0 Å². The first-order chi connectivity index (χ1) is 22.9. The Labute approximate surface area is 287 Å². The van der Waals surface area contributed by atoms with E-state index < -0.39 is 30.9 Å². The van der Waals surface area contributed by atoms with Gasteiger partial charge >= 0.3 is 11.9 Å². The minimum absolute atomic E-state index is 0.125.